The first kappa shape index (κ1) is 13.3. The number of hydrogen-bond acceptors (Lipinski definition) is 6. The second-order valence-electron chi connectivity index (χ2n) is 4.67. The standard InChI is InChI=1S/C12H16N4O3/c1-8-4-2-3-5-9(8)7-19-11-10(16(17)18)6-14-12(13)15-11/h2-3,6,8-9H,4-5,7H2,1H3,(H2,13,14,15). The molecule has 0 radical (unpaired) electrons. The van der Waals surface area contributed by atoms with Crippen molar-refractivity contribution in [3.05, 3.63) is 28.5 Å². The third-order valence-electron chi connectivity index (χ3n) is 3.30. The van der Waals surface area contributed by atoms with Crippen LogP contribution in [-0.4, -0.2) is 21.5 Å². The van der Waals surface area contributed by atoms with Crippen LogP contribution in [-0.2, 0) is 0 Å². The fourth-order valence-corrected chi connectivity index (χ4v) is 2.03. The maximum Gasteiger partial charge on any atom is 0.349 e. The summed E-state index contributed by atoms with van der Waals surface area (Å²) in [7, 11) is 0. The minimum atomic E-state index is -0.570. The number of hydrogen-bond donors (Lipinski definition) is 1. The molecule has 0 saturated heterocycles. The van der Waals surface area contributed by atoms with E-state index in [1.54, 1.807) is 0 Å². The molecule has 0 bridgehead atoms. The molecule has 1 aromatic heterocycles. The summed E-state index contributed by atoms with van der Waals surface area (Å²) in [6, 6.07) is 0. The highest BCUT2D eigenvalue weighted by Crippen LogP contribution is 2.28. The average Bonchev–Trinajstić information content (AvgIpc) is 2.37. The van der Waals surface area contributed by atoms with Crippen molar-refractivity contribution in [2.45, 2.75) is 19.8 Å². The zero-order valence-corrected chi connectivity index (χ0v) is 10.7. The summed E-state index contributed by atoms with van der Waals surface area (Å²) >= 11 is 0. The van der Waals surface area contributed by atoms with E-state index in [9.17, 15) is 10.1 Å². The fraction of sp³-hybridized carbons (Fsp3) is 0.500. The van der Waals surface area contributed by atoms with Gasteiger partial charge in [-0.3, -0.25) is 10.1 Å². The van der Waals surface area contributed by atoms with Gasteiger partial charge in [-0.15, -0.1) is 0 Å². The molecule has 1 aliphatic carbocycles. The van der Waals surface area contributed by atoms with E-state index in [0.29, 0.717) is 18.4 Å². The Morgan fingerprint density at radius 1 is 1.53 bits per heavy atom. The monoisotopic (exact) mass is 264 g/mol. The number of nitrogen functional groups attached to an aromatic ring is 1. The molecule has 7 heteroatoms. The Morgan fingerprint density at radius 2 is 2.26 bits per heavy atom. The van der Waals surface area contributed by atoms with Crippen LogP contribution in [0.25, 0.3) is 0 Å². The largest absolute Gasteiger partial charge is 0.472 e. The molecule has 1 heterocycles. The van der Waals surface area contributed by atoms with Gasteiger partial charge in [0.15, 0.2) is 0 Å². The van der Waals surface area contributed by atoms with Gasteiger partial charge in [-0.05, 0) is 24.7 Å². The van der Waals surface area contributed by atoms with Crippen molar-refractivity contribution in [2.24, 2.45) is 11.8 Å². The maximum atomic E-state index is 10.8. The number of nitro groups is 1. The number of allylic oxidation sites excluding steroid dienone is 2. The number of ether oxygens (including phenoxy) is 1. The first-order valence-corrected chi connectivity index (χ1v) is 6.12. The van der Waals surface area contributed by atoms with E-state index >= 15 is 0 Å². The smallest absolute Gasteiger partial charge is 0.349 e. The van der Waals surface area contributed by atoms with E-state index in [0.717, 1.165) is 19.0 Å². The van der Waals surface area contributed by atoms with Crippen LogP contribution in [0, 0.1) is 22.0 Å². The van der Waals surface area contributed by atoms with E-state index in [-0.39, 0.29) is 17.5 Å². The molecule has 2 atom stereocenters. The van der Waals surface area contributed by atoms with Crippen molar-refractivity contribution in [1.82, 2.24) is 9.97 Å². The SMILES string of the molecule is CC1CC=CCC1COc1nc(N)ncc1[N+](=O)[O-]. The van der Waals surface area contributed by atoms with Crippen LogP contribution in [0.3, 0.4) is 0 Å². The number of rotatable bonds is 4. The number of aromatic nitrogens is 2. The van der Waals surface area contributed by atoms with E-state index in [2.05, 4.69) is 29.0 Å². The van der Waals surface area contributed by atoms with Gasteiger partial charge in [-0.25, -0.2) is 4.98 Å². The van der Waals surface area contributed by atoms with Gasteiger partial charge >= 0.3 is 5.69 Å². The molecule has 0 saturated carbocycles. The van der Waals surface area contributed by atoms with Crippen LogP contribution in [0.4, 0.5) is 11.6 Å². The molecule has 2 unspecified atom stereocenters. The minimum Gasteiger partial charge on any atom is -0.472 e. The molecule has 0 aliphatic heterocycles. The van der Waals surface area contributed by atoms with Crippen molar-refractivity contribution in [3.63, 3.8) is 0 Å². The highest BCUT2D eigenvalue weighted by atomic mass is 16.6. The number of nitrogens with zero attached hydrogens (tertiary/aromatic N) is 3. The van der Waals surface area contributed by atoms with Gasteiger partial charge in [0.2, 0.25) is 5.95 Å². The van der Waals surface area contributed by atoms with Crippen LogP contribution in [0.1, 0.15) is 19.8 Å². The molecule has 0 fully saturated rings. The van der Waals surface area contributed by atoms with Crippen molar-refractivity contribution >= 4 is 11.6 Å². The summed E-state index contributed by atoms with van der Waals surface area (Å²) in [5.74, 6) is 0.737. The Hall–Kier alpha value is -2.18. The fourth-order valence-electron chi connectivity index (χ4n) is 2.03. The summed E-state index contributed by atoms with van der Waals surface area (Å²) in [5.41, 5.74) is 5.17. The number of anilines is 1. The van der Waals surface area contributed by atoms with Crippen LogP contribution >= 0.6 is 0 Å². The quantitative estimate of drug-likeness (QED) is 0.506. The van der Waals surface area contributed by atoms with Gasteiger partial charge in [-0.2, -0.15) is 4.98 Å². The first-order chi connectivity index (χ1) is 9.08. The van der Waals surface area contributed by atoms with Gasteiger partial charge in [0.05, 0.1) is 11.5 Å². The third kappa shape index (κ3) is 3.18. The Balaban J connectivity index is 2.08. The summed E-state index contributed by atoms with van der Waals surface area (Å²) in [6.07, 6.45) is 7.24. The van der Waals surface area contributed by atoms with E-state index < -0.39 is 4.92 Å². The molecular weight excluding hydrogens is 248 g/mol. The second kappa shape index (κ2) is 5.64. The van der Waals surface area contributed by atoms with Gasteiger partial charge < -0.3 is 10.5 Å². The molecule has 19 heavy (non-hydrogen) atoms. The maximum absolute atomic E-state index is 10.8. The second-order valence-corrected chi connectivity index (χ2v) is 4.67. The number of nitrogens with two attached hydrogens (primary N) is 1. The van der Waals surface area contributed by atoms with Crippen LogP contribution in [0.2, 0.25) is 0 Å². The summed E-state index contributed by atoms with van der Waals surface area (Å²) in [4.78, 5) is 17.7. The van der Waals surface area contributed by atoms with Gasteiger partial charge in [0.25, 0.3) is 5.88 Å². The third-order valence-corrected chi connectivity index (χ3v) is 3.30. The summed E-state index contributed by atoms with van der Waals surface area (Å²) in [5, 5.41) is 10.8. The average molecular weight is 264 g/mol. The van der Waals surface area contributed by atoms with Crippen molar-refractivity contribution < 1.29 is 9.66 Å². The highest BCUT2D eigenvalue weighted by Gasteiger charge is 2.23. The van der Waals surface area contributed by atoms with Crippen LogP contribution in [0.15, 0.2) is 18.3 Å². The lowest BCUT2D eigenvalue weighted by atomic mass is 9.85. The molecule has 7 nitrogen and oxygen atoms in total. The molecule has 0 amide bonds. The topological polar surface area (TPSA) is 104 Å². The van der Waals surface area contributed by atoms with Gasteiger partial charge in [-0.1, -0.05) is 19.1 Å². The summed E-state index contributed by atoms with van der Waals surface area (Å²) < 4.78 is 5.48. The van der Waals surface area contributed by atoms with Gasteiger partial charge in [0, 0.05) is 0 Å². The molecule has 2 N–H and O–H groups in total. The molecule has 1 aromatic rings. The lowest BCUT2D eigenvalue weighted by molar-refractivity contribution is -0.386. The lowest BCUT2D eigenvalue weighted by Gasteiger charge is -2.24. The van der Waals surface area contributed by atoms with Gasteiger partial charge in [0.1, 0.15) is 6.20 Å². The van der Waals surface area contributed by atoms with Crippen molar-refractivity contribution in [3.8, 4) is 5.88 Å². The molecule has 2 rings (SSSR count). The predicted molar refractivity (Wildman–Crippen MR) is 69.6 cm³/mol. The predicted octanol–water partition coefficient (Wildman–Crippen LogP) is 1.95. The van der Waals surface area contributed by atoms with Crippen LogP contribution in [0.5, 0.6) is 5.88 Å². The van der Waals surface area contributed by atoms with Crippen LogP contribution < -0.4 is 10.5 Å². The molecule has 102 valence electrons. The van der Waals surface area contributed by atoms with E-state index in [1.165, 1.54) is 0 Å². The van der Waals surface area contributed by atoms with Crippen molar-refractivity contribution in [1.29, 1.82) is 0 Å². The Bertz CT molecular complexity index is 504. The Labute approximate surface area is 110 Å². The molecule has 0 spiro atoms. The van der Waals surface area contributed by atoms with E-state index in [1.807, 2.05) is 0 Å². The molecular formula is C12H16N4O3. The normalized spacial score (nSPS) is 22.2. The lowest BCUT2D eigenvalue weighted by Crippen LogP contribution is -2.21. The minimum absolute atomic E-state index is 0.0304. The molecule has 0 aromatic carbocycles. The zero-order valence-electron chi connectivity index (χ0n) is 10.7. The Kier molecular flexibility index (Phi) is 3.94. The zero-order chi connectivity index (χ0) is 13.8. The summed E-state index contributed by atoms with van der Waals surface area (Å²) in [6.45, 7) is 2.53. The van der Waals surface area contributed by atoms with E-state index in [4.69, 9.17) is 10.5 Å². The van der Waals surface area contributed by atoms with Crippen molar-refractivity contribution in [2.75, 3.05) is 12.3 Å². The first-order valence-electron chi connectivity index (χ1n) is 6.12. The Morgan fingerprint density at radius 3 is 2.95 bits per heavy atom. The highest BCUT2D eigenvalue weighted by molar-refractivity contribution is 5.41. The molecule has 1 aliphatic rings.